The van der Waals surface area contributed by atoms with Gasteiger partial charge in [-0.05, 0) is 37.5 Å². The van der Waals surface area contributed by atoms with E-state index in [1.165, 1.54) is 270 Å². The molecule has 0 fully saturated rings. The summed E-state index contributed by atoms with van der Waals surface area (Å²) in [6.45, 7) is 9.71. The van der Waals surface area contributed by atoms with Crippen molar-refractivity contribution in [1.82, 2.24) is 0 Å². The smallest absolute Gasteiger partial charge is 0.462 e. The van der Waals surface area contributed by atoms with Crippen LogP contribution in [0.3, 0.4) is 0 Å². The Balaban J connectivity index is 5.25. The molecule has 618 valence electrons. The van der Waals surface area contributed by atoms with Gasteiger partial charge < -0.3 is 33.8 Å². The Morgan fingerprint density at radius 2 is 0.442 bits per heavy atom. The Bertz CT molecular complexity index is 1990. The highest BCUT2D eigenvalue weighted by molar-refractivity contribution is 7.47. The van der Waals surface area contributed by atoms with Crippen molar-refractivity contribution in [2.24, 2.45) is 11.8 Å². The third kappa shape index (κ3) is 78.2. The van der Waals surface area contributed by atoms with E-state index in [9.17, 15) is 43.2 Å². The maximum atomic E-state index is 13.1. The standard InChI is InChI=1S/C85H166O17P2/c1-7-9-11-13-15-17-19-20-21-22-23-24-27-33-39-45-51-57-63-69-84(89)102-81(74-96-83(88)68-62-56-50-44-38-32-28-25-26-30-36-41-47-53-59-65-77(3)4)76-100-104(93,94)98-72-79(86)71-97-103(91,92)99-75-80(73-95-82(87)67-61-55-49-43-35-18-16-14-12-10-8-2)101-85(90)70-64-58-52-46-40-34-29-31-37-42-48-54-60-66-78(5)6/h77-81,86H,7-76H2,1-6H3,(H,91,92)(H,93,94)/t79-,80+,81+/m0/s1. The van der Waals surface area contributed by atoms with Gasteiger partial charge >= 0.3 is 39.5 Å². The summed E-state index contributed by atoms with van der Waals surface area (Å²) >= 11 is 0. The second-order valence-corrected chi connectivity index (χ2v) is 34.4. The molecular weight excluding hydrogens is 1350 g/mol. The van der Waals surface area contributed by atoms with E-state index in [-0.39, 0.29) is 25.7 Å². The molecule has 0 aromatic heterocycles. The minimum absolute atomic E-state index is 0.108. The summed E-state index contributed by atoms with van der Waals surface area (Å²) in [6.07, 6.45) is 67.9. The van der Waals surface area contributed by atoms with Gasteiger partial charge in [0.1, 0.15) is 19.3 Å². The van der Waals surface area contributed by atoms with E-state index in [0.29, 0.717) is 25.7 Å². The number of phosphoric acid groups is 2. The average Bonchev–Trinajstić information content (AvgIpc) is 0.904. The van der Waals surface area contributed by atoms with Crippen LogP contribution in [0.4, 0.5) is 0 Å². The summed E-state index contributed by atoms with van der Waals surface area (Å²) < 4.78 is 68.9. The number of aliphatic hydroxyl groups is 1. The molecule has 0 amide bonds. The Kier molecular flexibility index (Phi) is 75.0. The molecule has 17 nitrogen and oxygen atoms in total. The van der Waals surface area contributed by atoms with Gasteiger partial charge in [0.05, 0.1) is 26.4 Å². The first-order valence-electron chi connectivity index (χ1n) is 44.0. The van der Waals surface area contributed by atoms with Crippen LogP contribution in [0.2, 0.25) is 0 Å². The lowest BCUT2D eigenvalue weighted by Gasteiger charge is -2.21. The predicted molar refractivity (Wildman–Crippen MR) is 428 cm³/mol. The predicted octanol–water partition coefficient (Wildman–Crippen LogP) is 25.8. The number of carbonyl (C=O) groups is 4. The van der Waals surface area contributed by atoms with Crippen molar-refractivity contribution < 1.29 is 80.2 Å². The molecule has 19 heteroatoms. The molecule has 5 atom stereocenters. The van der Waals surface area contributed by atoms with Crippen LogP contribution in [-0.4, -0.2) is 96.7 Å². The molecule has 104 heavy (non-hydrogen) atoms. The van der Waals surface area contributed by atoms with Crippen molar-refractivity contribution >= 4 is 39.5 Å². The van der Waals surface area contributed by atoms with Crippen molar-refractivity contribution in [2.45, 2.75) is 471 Å². The van der Waals surface area contributed by atoms with Crippen molar-refractivity contribution in [2.75, 3.05) is 39.6 Å². The molecule has 0 aliphatic heterocycles. The zero-order chi connectivity index (χ0) is 76.4. The minimum Gasteiger partial charge on any atom is -0.462 e. The first-order chi connectivity index (χ1) is 50.4. The van der Waals surface area contributed by atoms with E-state index in [0.717, 1.165) is 102 Å². The lowest BCUT2D eigenvalue weighted by atomic mass is 10.0. The zero-order valence-corrected chi connectivity index (χ0v) is 70.1. The van der Waals surface area contributed by atoms with Crippen LogP contribution in [0.15, 0.2) is 0 Å². The summed E-state index contributed by atoms with van der Waals surface area (Å²) in [4.78, 5) is 73.2. The number of ether oxygens (including phenoxy) is 4. The zero-order valence-electron chi connectivity index (χ0n) is 68.3. The fraction of sp³-hybridized carbons (Fsp3) is 0.953. The van der Waals surface area contributed by atoms with Gasteiger partial charge in [-0.15, -0.1) is 0 Å². The fourth-order valence-electron chi connectivity index (χ4n) is 13.2. The number of carbonyl (C=O) groups excluding carboxylic acids is 4. The van der Waals surface area contributed by atoms with Crippen molar-refractivity contribution in [1.29, 1.82) is 0 Å². The number of aliphatic hydroxyl groups excluding tert-OH is 1. The summed E-state index contributed by atoms with van der Waals surface area (Å²) in [5.74, 6) is -0.509. The topological polar surface area (TPSA) is 237 Å². The Morgan fingerprint density at radius 3 is 0.654 bits per heavy atom. The summed E-state index contributed by atoms with van der Waals surface area (Å²) in [5, 5.41) is 10.7. The summed E-state index contributed by atoms with van der Waals surface area (Å²) in [7, 11) is -9.93. The van der Waals surface area contributed by atoms with Gasteiger partial charge in [-0.2, -0.15) is 0 Å². The first kappa shape index (κ1) is 102. The van der Waals surface area contributed by atoms with Gasteiger partial charge in [-0.1, -0.05) is 401 Å². The number of phosphoric ester groups is 2. The molecular formula is C85H166O17P2. The van der Waals surface area contributed by atoms with Gasteiger partial charge in [-0.3, -0.25) is 37.3 Å². The normalized spacial score (nSPS) is 13.8. The molecule has 0 aliphatic carbocycles. The molecule has 0 aromatic carbocycles. The van der Waals surface area contributed by atoms with Gasteiger partial charge in [0.25, 0.3) is 0 Å². The largest absolute Gasteiger partial charge is 0.472 e. The van der Waals surface area contributed by atoms with Crippen molar-refractivity contribution in [3.05, 3.63) is 0 Å². The Hall–Kier alpha value is -1.94. The van der Waals surface area contributed by atoms with Crippen LogP contribution in [0.5, 0.6) is 0 Å². The minimum atomic E-state index is -4.96. The molecule has 0 rings (SSSR count). The molecule has 0 aliphatic rings. The molecule has 0 spiro atoms. The third-order valence-corrected chi connectivity index (χ3v) is 21.9. The SMILES string of the molecule is CCCCCCCCCCCCCCCCCCCCCC(=O)O[C@H](COC(=O)CCCCCCCCCCCCCCCCCC(C)C)COP(=O)(O)OC[C@@H](O)COP(=O)(O)OC[C@@H](COC(=O)CCCCCCCCCCCCC)OC(=O)CCCCCCCCCCCCCCCC(C)C. The van der Waals surface area contributed by atoms with Crippen molar-refractivity contribution in [3.63, 3.8) is 0 Å². The van der Waals surface area contributed by atoms with E-state index >= 15 is 0 Å². The fourth-order valence-corrected chi connectivity index (χ4v) is 14.8. The van der Waals surface area contributed by atoms with Crippen LogP contribution >= 0.6 is 15.6 Å². The molecule has 0 aromatic rings. The average molecular weight is 1520 g/mol. The van der Waals surface area contributed by atoms with Crippen LogP contribution in [0.25, 0.3) is 0 Å². The van der Waals surface area contributed by atoms with Gasteiger partial charge in [-0.25, -0.2) is 9.13 Å². The second-order valence-electron chi connectivity index (χ2n) is 31.5. The number of rotatable bonds is 84. The molecule has 0 bridgehead atoms. The summed E-state index contributed by atoms with van der Waals surface area (Å²) in [6, 6.07) is 0. The molecule has 2 unspecified atom stereocenters. The van der Waals surface area contributed by atoms with Crippen LogP contribution in [0.1, 0.15) is 452 Å². The molecule has 0 saturated heterocycles. The van der Waals surface area contributed by atoms with Gasteiger partial charge in [0.2, 0.25) is 0 Å². The van der Waals surface area contributed by atoms with E-state index in [2.05, 4.69) is 41.5 Å². The molecule has 3 N–H and O–H groups in total. The first-order valence-corrected chi connectivity index (χ1v) is 47.0. The number of hydrogen-bond donors (Lipinski definition) is 3. The Labute approximate surface area is 638 Å². The van der Waals surface area contributed by atoms with E-state index in [4.69, 9.17) is 37.0 Å². The quantitative estimate of drug-likeness (QED) is 0.0222. The van der Waals surface area contributed by atoms with Crippen LogP contribution < -0.4 is 0 Å². The van der Waals surface area contributed by atoms with Gasteiger partial charge in [0.15, 0.2) is 12.2 Å². The molecule has 0 saturated carbocycles. The highest BCUT2D eigenvalue weighted by atomic mass is 31.2. The maximum Gasteiger partial charge on any atom is 0.472 e. The third-order valence-electron chi connectivity index (χ3n) is 20.0. The van der Waals surface area contributed by atoms with E-state index in [1.54, 1.807) is 0 Å². The highest BCUT2D eigenvalue weighted by Gasteiger charge is 2.30. The van der Waals surface area contributed by atoms with E-state index in [1.807, 2.05) is 0 Å². The number of esters is 4. The van der Waals surface area contributed by atoms with Crippen molar-refractivity contribution in [3.8, 4) is 0 Å². The highest BCUT2D eigenvalue weighted by Crippen LogP contribution is 2.45. The summed E-state index contributed by atoms with van der Waals surface area (Å²) in [5.41, 5.74) is 0. The lowest BCUT2D eigenvalue weighted by molar-refractivity contribution is -0.161. The number of unbranched alkanes of at least 4 members (excludes halogenated alkanes) is 54. The van der Waals surface area contributed by atoms with Crippen LogP contribution in [0, 0.1) is 11.8 Å². The number of hydrogen-bond acceptors (Lipinski definition) is 15. The monoisotopic (exact) mass is 1520 g/mol. The van der Waals surface area contributed by atoms with Crippen LogP contribution in [-0.2, 0) is 65.4 Å². The second kappa shape index (κ2) is 76.4. The maximum absolute atomic E-state index is 13.1. The molecule has 0 radical (unpaired) electrons. The van der Waals surface area contributed by atoms with Gasteiger partial charge in [0, 0.05) is 25.7 Å². The van der Waals surface area contributed by atoms with E-state index < -0.39 is 97.5 Å². The lowest BCUT2D eigenvalue weighted by Crippen LogP contribution is -2.30. The Morgan fingerprint density at radius 1 is 0.260 bits per heavy atom. The molecule has 0 heterocycles.